The Balaban J connectivity index is 1.82. The molecule has 0 saturated heterocycles. The van der Waals surface area contributed by atoms with Gasteiger partial charge in [-0.2, -0.15) is 5.10 Å². The van der Waals surface area contributed by atoms with Crippen LogP contribution in [0.1, 0.15) is 26.2 Å². The fraction of sp³-hybridized carbons (Fsp3) is 0.500. The lowest BCUT2D eigenvalue weighted by Crippen LogP contribution is -2.26. The maximum absolute atomic E-state index is 11.8. The lowest BCUT2D eigenvalue weighted by Gasteiger charge is -2.09. The predicted molar refractivity (Wildman–Crippen MR) is 82.3 cm³/mol. The van der Waals surface area contributed by atoms with Crippen LogP contribution in [-0.4, -0.2) is 39.9 Å². The van der Waals surface area contributed by atoms with Crippen molar-refractivity contribution in [3.63, 3.8) is 0 Å². The van der Waals surface area contributed by atoms with Gasteiger partial charge in [0.15, 0.2) is 5.16 Å². The molecule has 1 aromatic rings. The van der Waals surface area contributed by atoms with Gasteiger partial charge in [0.2, 0.25) is 0 Å². The summed E-state index contributed by atoms with van der Waals surface area (Å²) in [7, 11) is 0. The van der Waals surface area contributed by atoms with Gasteiger partial charge in [-0.15, -0.1) is 0 Å². The highest BCUT2D eigenvalue weighted by Gasteiger charge is 2.30. The van der Waals surface area contributed by atoms with Crippen molar-refractivity contribution < 1.29 is 14.3 Å². The normalized spacial score (nSPS) is 19.1. The van der Waals surface area contributed by atoms with Crippen molar-refractivity contribution in [2.45, 2.75) is 31.3 Å². The number of nitrogens with one attached hydrogen (secondary N) is 1. The second kappa shape index (κ2) is 8.47. The Kier molecular flexibility index (Phi) is 6.32. The molecule has 1 aliphatic rings. The zero-order valence-electron chi connectivity index (χ0n) is 12.3. The topological polar surface area (TPSA) is 93.5 Å². The highest BCUT2D eigenvalue weighted by Crippen LogP contribution is 2.23. The van der Waals surface area contributed by atoms with Crippen molar-refractivity contribution in [1.82, 2.24) is 15.4 Å². The van der Waals surface area contributed by atoms with Gasteiger partial charge in [-0.1, -0.05) is 11.8 Å². The number of carbonyl (C=O) groups excluding carboxylic acids is 2. The largest absolute Gasteiger partial charge is 0.465 e. The molecule has 8 heteroatoms. The maximum atomic E-state index is 11.8. The van der Waals surface area contributed by atoms with Crippen molar-refractivity contribution in [1.29, 1.82) is 0 Å². The molecule has 1 aromatic heterocycles. The quantitative estimate of drug-likeness (QED) is 0.368. The number of carbonyl (C=O) groups is 2. The first-order valence-corrected chi connectivity index (χ1v) is 8.11. The zero-order valence-corrected chi connectivity index (χ0v) is 13.1. The number of nitrogens with zero attached hydrogens (tertiary/aromatic N) is 3. The number of esters is 1. The van der Waals surface area contributed by atoms with Crippen LogP contribution in [0.15, 0.2) is 28.7 Å². The van der Waals surface area contributed by atoms with E-state index in [-0.39, 0.29) is 23.5 Å². The molecule has 0 aromatic carbocycles. The summed E-state index contributed by atoms with van der Waals surface area (Å²) >= 11 is 1.23. The molecule has 0 radical (unpaired) electrons. The maximum Gasteiger partial charge on any atom is 0.314 e. The highest BCUT2D eigenvalue weighted by molar-refractivity contribution is 7.99. The summed E-state index contributed by atoms with van der Waals surface area (Å²) in [5.74, 6) is -0.671. The van der Waals surface area contributed by atoms with Crippen LogP contribution in [0.25, 0.3) is 0 Å². The van der Waals surface area contributed by atoms with E-state index in [1.54, 1.807) is 25.4 Å². The average molecular weight is 322 g/mol. The molecule has 118 valence electrons. The molecule has 0 unspecified atom stereocenters. The van der Waals surface area contributed by atoms with Crippen LogP contribution in [0.5, 0.6) is 0 Å². The minimum atomic E-state index is -0.328. The second-order valence-corrected chi connectivity index (χ2v) is 5.60. The summed E-state index contributed by atoms with van der Waals surface area (Å²) in [6.45, 7) is 2.12. The third kappa shape index (κ3) is 4.80. The van der Waals surface area contributed by atoms with Crippen molar-refractivity contribution >= 4 is 29.4 Å². The summed E-state index contributed by atoms with van der Waals surface area (Å²) in [6, 6.07) is 1.71. The van der Waals surface area contributed by atoms with E-state index in [0.717, 1.165) is 12.8 Å². The van der Waals surface area contributed by atoms with E-state index < -0.39 is 0 Å². The molecule has 1 aliphatic carbocycles. The molecule has 1 amide bonds. The number of hydrazone groups is 1. The molecule has 1 saturated carbocycles. The number of ether oxygens (including phenoxy) is 1. The SMILES string of the molecule is CCOC(=O)[C@@H]1CCC/C1=N/NC(=O)CSc1ncccn1. The zero-order chi connectivity index (χ0) is 15.8. The van der Waals surface area contributed by atoms with Crippen molar-refractivity contribution in [2.24, 2.45) is 11.0 Å². The van der Waals surface area contributed by atoms with Gasteiger partial charge in [0, 0.05) is 12.4 Å². The number of aromatic nitrogens is 2. The number of thioether (sulfide) groups is 1. The summed E-state index contributed by atoms with van der Waals surface area (Å²) in [5.41, 5.74) is 3.17. The van der Waals surface area contributed by atoms with Crippen LogP contribution in [0.3, 0.4) is 0 Å². The van der Waals surface area contributed by atoms with Gasteiger partial charge in [-0.25, -0.2) is 15.4 Å². The molecule has 0 bridgehead atoms. The first-order valence-electron chi connectivity index (χ1n) is 7.12. The lowest BCUT2D eigenvalue weighted by molar-refractivity contribution is -0.145. The molecule has 1 fully saturated rings. The van der Waals surface area contributed by atoms with Crippen molar-refractivity contribution in [2.75, 3.05) is 12.4 Å². The van der Waals surface area contributed by atoms with Gasteiger partial charge in [0.25, 0.3) is 5.91 Å². The highest BCUT2D eigenvalue weighted by atomic mass is 32.2. The molecule has 2 rings (SSSR count). The standard InChI is InChI=1S/C14H18N4O3S/c1-2-21-13(20)10-5-3-6-11(10)17-18-12(19)9-22-14-15-7-4-8-16-14/h4,7-8,10H,2-3,5-6,9H2,1H3,(H,18,19)/b17-11-/t10-/m1/s1. The Bertz CT molecular complexity index is 550. The number of hydrogen-bond donors (Lipinski definition) is 1. The number of rotatable bonds is 6. The second-order valence-electron chi connectivity index (χ2n) is 4.66. The van der Waals surface area contributed by atoms with Crippen LogP contribution >= 0.6 is 11.8 Å². The van der Waals surface area contributed by atoms with Gasteiger partial charge >= 0.3 is 5.97 Å². The molecular formula is C14H18N4O3S. The van der Waals surface area contributed by atoms with Crippen molar-refractivity contribution in [3.8, 4) is 0 Å². The van der Waals surface area contributed by atoms with Crippen LogP contribution in [0.4, 0.5) is 0 Å². The van der Waals surface area contributed by atoms with Crippen LogP contribution in [0, 0.1) is 5.92 Å². The minimum Gasteiger partial charge on any atom is -0.465 e. The van der Waals surface area contributed by atoms with E-state index in [0.29, 0.717) is 23.9 Å². The number of amides is 1. The molecule has 7 nitrogen and oxygen atoms in total. The van der Waals surface area contributed by atoms with E-state index in [1.165, 1.54) is 11.8 Å². The summed E-state index contributed by atoms with van der Waals surface area (Å²) < 4.78 is 5.02. The Morgan fingerprint density at radius 1 is 1.45 bits per heavy atom. The molecule has 1 atom stereocenters. The molecule has 0 aliphatic heterocycles. The molecule has 1 heterocycles. The molecule has 22 heavy (non-hydrogen) atoms. The van der Waals surface area contributed by atoms with Crippen LogP contribution < -0.4 is 5.43 Å². The monoisotopic (exact) mass is 322 g/mol. The first-order chi connectivity index (χ1) is 10.7. The van der Waals surface area contributed by atoms with E-state index in [4.69, 9.17) is 4.74 Å². The first kappa shape index (κ1) is 16.4. The Labute approximate surface area is 132 Å². The number of hydrogen-bond acceptors (Lipinski definition) is 7. The van der Waals surface area contributed by atoms with E-state index in [9.17, 15) is 9.59 Å². The summed E-state index contributed by atoms with van der Waals surface area (Å²) in [5, 5.41) is 4.62. The molecular weight excluding hydrogens is 304 g/mol. The minimum absolute atomic E-state index is 0.171. The fourth-order valence-corrected chi connectivity index (χ4v) is 2.71. The van der Waals surface area contributed by atoms with Crippen LogP contribution in [0.2, 0.25) is 0 Å². The fourth-order valence-electron chi connectivity index (χ4n) is 2.12. The molecule has 0 spiro atoms. The summed E-state index contributed by atoms with van der Waals surface area (Å²) in [6.07, 6.45) is 5.55. The van der Waals surface area contributed by atoms with E-state index in [1.807, 2.05) is 0 Å². The van der Waals surface area contributed by atoms with Crippen LogP contribution in [-0.2, 0) is 14.3 Å². The van der Waals surface area contributed by atoms with Gasteiger partial charge < -0.3 is 4.74 Å². The lowest BCUT2D eigenvalue weighted by atomic mass is 10.1. The van der Waals surface area contributed by atoms with Gasteiger partial charge in [0.1, 0.15) is 0 Å². The summed E-state index contributed by atoms with van der Waals surface area (Å²) in [4.78, 5) is 31.6. The van der Waals surface area contributed by atoms with Gasteiger partial charge in [0.05, 0.1) is 24.0 Å². The third-order valence-electron chi connectivity index (χ3n) is 3.10. The Morgan fingerprint density at radius 3 is 2.95 bits per heavy atom. The Hall–Kier alpha value is -1.96. The third-order valence-corrected chi connectivity index (χ3v) is 3.97. The molecule has 1 N–H and O–H groups in total. The smallest absolute Gasteiger partial charge is 0.314 e. The predicted octanol–water partition coefficient (Wildman–Crippen LogP) is 1.40. The van der Waals surface area contributed by atoms with E-state index >= 15 is 0 Å². The van der Waals surface area contributed by atoms with Gasteiger partial charge in [-0.05, 0) is 32.3 Å². The van der Waals surface area contributed by atoms with Gasteiger partial charge in [-0.3, -0.25) is 9.59 Å². The average Bonchev–Trinajstić information content (AvgIpc) is 3.01. The van der Waals surface area contributed by atoms with E-state index in [2.05, 4.69) is 20.5 Å². The van der Waals surface area contributed by atoms with Crippen molar-refractivity contribution in [3.05, 3.63) is 18.5 Å². The Morgan fingerprint density at radius 2 is 2.23 bits per heavy atom.